The SMILES string of the molecule is CCOc1ccc(C(=O)Nc2cc([N+](=O)[O-])c(OC)c([N+](=O)[O-])c2)cc1Br. The van der Waals surface area contributed by atoms with Crippen LogP contribution in [-0.4, -0.2) is 29.5 Å². The number of methoxy groups -OCH3 is 1. The van der Waals surface area contributed by atoms with E-state index in [1.807, 2.05) is 6.92 Å². The van der Waals surface area contributed by atoms with Crippen LogP contribution in [0.5, 0.6) is 11.5 Å². The van der Waals surface area contributed by atoms with Gasteiger partial charge in [-0.2, -0.15) is 0 Å². The molecule has 0 saturated heterocycles. The number of anilines is 1. The van der Waals surface area contributed by atoms with E-state index < -0.39 is 32.9 Å². The van der Waals surface area contributed by atoms with Crippen molar-refractivity contribution >= 4 is 38.9 Å². The largest absolute Gasteiger partial charge is 0.493 e. The zero-order valence-electron chi connectivity index (χ0n) is 14.2. The van der Waals surface area contributed by atoms with Crippen LogP contribution in [0.25, 0.3) is 0 Å². The molecule has 11 heteroatoms. The number of ether oxygens (including phenoxy) is 2. The minimum absolute atomic E-state index is 0.107. The van der Waals surface area contributed by atoms with Gasteiger partial charge in [0.25, 0.3) is 11.7 Å². The van der Waals surface area contributed by atoms with E-state index in [2.05, 4.69) is 21.2 Å². The highest BCUT2D eigenvalue weighted by Crippen LogP contribution is 2.39. The van der Waals surface area contributed by atoms with Crippen molar-refractivity contribution in [2.45, 2.75) is 6.92 Å². The standard InChI is InChI=1S/C16H14BrN3O7/c1-3-27-14-5-4-9(6-11(14)17)16(21)18-10-7-12(19(22)23)15(26-2)13(8-10)20(24)25/h4-8H,3H2,1-2H3,(H,18,21). The topological polar surface area (TPSA) is 134 Å². The average Bonchev–Trinajstić information content (AvgIpc) is 2.62. The molecule has 0 aliphatic rings. The lowest BCUT2D eigenvalue weighted by molar-refractivity contribution is -0.395. The second-order valence-corrected chi connectivity index (χ2v) is 5.95. The molecule has 0 aliphatic heterocycles. The summed E-state index contributed by atoms with van der Waals surface area (Å²) in [4.78, 5) is 33.1. The van der Waals surface area contributed by atoms with Crippen LogP contribution >= 0.6 is 15.9 Å². The lowest BCUT2D eigenvalue weighted by atomic mass is 10.2. The molecule has 0 heterocycles. The van der Waals surface area contributed by atoms with Gasteiger partial charge >= 0.3 is 11.4 Å². The summed E-state index contributed by atoms with van der Waals surface area (Å²) >= 11 is 3.28. The smallest absolute Gasteiger partial charge is 0.320 e. The van der Waals surface area contributed by atoms with E-state index in [9.17, 15) is 25.0 Å². The van der Waals surface area contributed by atoms with Gasteiger partial charge in [0, 0.05) is 17.7 Å². The monoisotopic (exact) mass is 439 g/mol. The van der Waals surface area contributed by atoms with Crippen molar-refractivity contribution in [3.63, 3.8) is 0 Å². The Morgan fingerprint density at radius 3 is 2.19 bits per heavy atom. The summed E-state index contributed by atoms with van der Waals surface area (Å²) in [6.07, 6.45) is 0. The van der Waals surface area contributed by atoms with Crippen molar-refractivity contribution in [2.24, 2.45) is 0 Å². The molecule has 0 aromatic heterocycles. The number of carbonyl (C=O) groups is 1. The molecule has 0 aliphatic carbocycles. The van der Waals surface area contributed by atoms with E-state index >= 15 is 0 Å². The van der Waals surface area contributed by atoms with Crippen LogP contribution in [0, 0.1) is 20.2 Å². The maximum Gasteiger partial charge on any atom is 0.320 e. The third kappa shape index (κ3) is 4.50. The van der Waals surface area contributed by atoms with E-state index in [0.29, 0.717) is 16.8 Å². The Kier molecular flexibility index (Phi) is 6.29. The number of benzene rings is 2. The maximum absolute atomic E-state index is 12.4. The summed E-state index contributed by atoms with van der Waals surface area (Å²) in [5.74, 6) is -0.552. The van der Waals surface area contributed by atoms with Crippen molar-refractivity contribution in [3.05, 3.63) is 60.6 Å². The molecule has 0 atom stereocenters. The first-order valence-electron chi connectivity index (χ1n) is 7.53. The van der Waals surface area contributed by atoms with Gasteiger partial charge in [-0.1, -0.05) is 0 Å². The molecule has 0 bridgehead atoms. The highest BCUT2D eigenvalue weighted by Gasteiger charge is 2.28. The maximum atomic E-state index is 12.4. The number of rotatable bonds is 7. The average molecular weight is 440 g/mol. The fourth-order valence-corrected chi connectivity index (χ4v) is 2.76. The van der Waals surface area contributed by atoms with E-state index in [1.165, 1.54) is 12.1 Å². The number of hydrogen-bond donors (Lipinski definition) is 1. The molecule has 0 unspecified atom stereocenters. The molecule has 0 fully saturated rings. The van der Waals surface area contributed by atoms with Crippen LogP contribution in [-0.2, 0) is 0 Å². The Balaban J connectivity index is 2.39. The van der Waals surface area contributed by atoms with E-state index in [0.717, 1.165) is 19.2 Å². The summed E-state index contributed by atoms with van der Waals surface area (Å²) in [7, 11) is 1.09. The molecule has 1 N–H and O–H groups in total. The summed E-state index contributed by atoms with van der Waals surface area (Å²) in [5.41, 5.74) is -1.14. The van der Waals surface area contributed by atoms with Crippen LogP contribution in [0.4, 0.5) is 17.1 Å². The minimum atomic E-state index is -0.824. The first-order chi connectivity index (χ1) is 12.8. The predicted molar refractivity (Wildman–Crippen MR) is 99.6 cm³/mol. The molecule has 2 aromatic rings. The second-order valence-electron chi connectivity index (χ2n) is 5.09. The van der Waals surface area contributed by atoms with Gasteiger partial charge in [0.15, 0.2) is 0 Å². The van der Waals surface area contributed by atoms with Gasteiger partial charge in [0.05, 0.1) is 33.7 Å². The summed E-state index contributed by atoms with van der Waals surface area (Å²) < 4.78 is 10.7. The zero-order valence-corrected chi connectivity index (χ0v) is 15.8. The molecule has 0 spiro atoms. The van der Waals surface area contributed by atoms with E-state index in [-0.39, 0.29) is 11.3 Å². The van der Waals surface area contributed by atoms with E-state index in [1.54, 1.807) is 6.07 Å². The number of nitrogens with zero attached hydrogens (tertiary/aromatic N) is 2. The Morgan fingerprint density at radius 1 is 1.15 bits per heavy atom. The number of hydrogen-bond acceptors (Lipinski definition) is 7. The van der Waals surface area contributed by atoms with Crippen molar-refractivity contribution in [2.75, 3.05) is 19.0 Å². The molecule has 1 amide bonds. The van der Waals surface area contributed by atoms with Crippen LogP contribution in [0.3, 0.4) is 0 Å². The highest BCUT2D eigenvalue weighted by molar-refractivity contribution is 9.10. The summed E-state index contributed by atoms with van der Waals surface area (Å²) in [6.45, 7) is 2.26. The molecule has 10 nitrogen and oxygen atoms in total. The quantitative estimate of drug-likeness (QED) is 0.509. The molecular weight excluding hydrogens is 426 g/mol. The Hall–Kier alpha value is -3.21. The van der Waals surface area contributed by atoms with Crippen molar-refractivity contribution in [3.8, 4) is 11.5 Å². The zero-order chi connectivity index (χ0) is 20.1. The number of amides is 1. The summed E-state index contributed by atoms with van der Waals surface area (Å²) in [5, 5.41) is 24.8. The Morgan fingerprint density at radius 2 is 1.74 bits per heavy atom. The Labute approximate surface area is 161 Å². The molecule has 0 saturated carbocycles. The van der Waals surface area contributed by atoms with Gasteiger partial charge in [0.2, 0.25) is 0 Å². The Bertz CT molecular complexity index is 882. The number of carbonyl (C=O) groups excluding carboxylic acids is 1. The third-order valence-electron chi connectivity index (χ3n) is 3.40. The number of nitrogens with one attached hydrogen (secondary N) is 1. The van der Waals surface area contributed by atoms with Crippen LogP contribution in [0.2, 0.25) is 0 Å². The van der Waals surface area contributed by atoms with Crippen molar-refractivity contribution in [1.29, 1.82) is 0 Å². The number of halogens is 1. The van der Waals surface area contributed by atoms with E-state index in [4.69, 9.17) is 9.47 Å². The van der Waals surface area contributed by atoms with Gasteiger partial charge in [0.1, 0.15) is 5.75 Å². The van der Waals surface area contributed by atoms with Crippen molar-refractivity contribution in [1.82, 2.24) is 0 Å². The van der Waals surface area contributed by atoms with Crippen LogP contribution in [0.1, 0.15) is 17.3 Å². The fourth-order valence-electron chi connectivity index (χ4n) is 2.27. The lowest BCUT2D eigenvalue weighted by Gasteiger charge is -2.10. The molecule has 142 valence electrons. The van der Waals surface area contributed by atoms with Gasteiger partial charge in [-0.05, 0) is 41.1 Å². The third-order valence-corrected chi connectivity index (χ3v) is 4.02. The molecular formula is C16H14BrN3O7. The van der Waals surface area contributed by atoms with Crippen molar-refractivity contribution < 1.29 is 24.1 Å². The van der Waals surface area contributed by atoms with Crippen LogP contribution < -0.4 is 14.8 Å². The molecule has 0 radical (unpaired) electrons. The van der Waals surface area contributed by atoms with Crippen LogP contribution in [0.15, 0.2) is 34.8 Å². The molecule has 27 heavy (non-hydrogen) atoms. The normalized spacial score (nSPS) is 10.2. The summed E-state index contributed by atoms with van der Waals surface area (Å²) in [6, 6.07) is 6.58. The minimum Gasteiger partial charge on any atom is -0.493 e. The van der Waals surface area contributed by atoms with Gasteiger partial charge < -0.3 is 14.8 Å². The van der Waals surface area contributed by atoms with Gasteiger partial charge in [-0.3, -0.25) is 25.0 Å². The number of nitro benzene ring substituents is 2. The molecule has 2 aromatic carbocycles. The first-order valence-corrected chi connectivity index (χ1v) is 8.32. The van der Waals surface area contributed by atoms with Gasteiger partial charge in [-0.25, -0.2) is 0 Å². The lowest BCUT2D eigenvalue weighted by Crippen LogP contribution is -2.13. The molecule has 2 rings (SSSR count). The highest BCUT2D eigenvalue weighted by atomic mass is 79.9. The fraction of sp³-hybridized carbons (Fsp3) is 0.188. The number of nitro groups is 2. The van der Waals surface area contributed by atoms with Gasteiger partial charge in [-0.15, -0.1) is 0 Å². The predicted octanol–water partition coefficient (Wildman–Crippen LogP) is 3.93. The second kappa shape index (κ2) is 8.45. The first kappa shape index (κ1) is 20.1.